The first-order chi connectivity index (χ1) is 19.0. The van der Waals surface area contributed by atoms with Gasteiger partial charge in [-0.1, -0.05) is 36.4 Å². The molecule has 0 aliphatic carbocycles. The van der Waals surface area contributed by atoms with Crippen LogP contribution in [-0.4, -0.2) is 59.1 Å². The summed E-state index contributed by atoms with van der Waals surface area (Å²) in [4.78, 5) is 46.4. The third kappa shape index (κ3) is 3.72. The number of carbonyl (C=O) groups is 3. The van der Waals surface area contributed by atoms with Crippen molar-refractivity contribution in [2.45, 2.75) is 25.0 Å². The quantitative estimate of drug-likeness (QED) is 0.411. The SMILES string of the molecule is COC(=O)c1ccc(CN2CC(=O)N3[C@H](c4ccc5c(c4)OCO5)c4[nH]c5ccccc5c4C[C@@H]3C2=O)cc1. The van der Waals surface area contributed by atoms with Gasteiger partial charge in [0.25, 0.3) is 0 Å². The largest absolute Gasteiger partial charge is 0.465 e. The van der Waals surface area contributed by atoms with Crippen LogP contribution in [0.5, 0.6) is 11.5 Å². The predicted octanol–water partition coefficient (Wildman–Crippen LogP) is 3.57. The minimum atomic E-state index is -0.650. The average molecular weight is 524 g/mol. The highest BCUT2D eigenvalue weighted by atomic mass is 16.7. The number of hydrogen-bond donors (Lipinski definition) is 1. The molecule has 1 N–H and O–H groups in total. The number of rotatable bonds is 4. The molecule has 3 aliphatic heterocycles. The van der Waals surface area contributed by atoms with E-state index in [0.29, 0.717) is 23.5 Å². The number of aromatic nitrogens is 1. The van der Waals surface area contributed by atoms with Gasteiger partial charge in [-0.25, -0.2) is 4.79 Å². The normalized spacial score (nSPS) is 19.7. The molecule has 4 aromatic rings. The van der Waals surface area contributed by atoms with Crippen LogP contribution in [0.4, 0.5) is 0 Å². The van der Waals surface area contributed by atoms with Crippen molar-refractivity contribution in [1.82, 2.24) is 14.8 Å². The maximum Gasteiger partial charge on any atom is 0.337 e. The fraction of sp³-hybridized carbons (Fsp3) is 0.233. The number of fused-ring (bicyclic) bond motifs is 5. The van der Waals surface area contributed by atoms with Gasteiger partial charge in [0, 0.05) is 29.6 Å². The number of methoxy groups -OCH3 is 1. The molecule has 0 radical (unpaired) electrons. The van der Waals surface area contributed by atoms with E-state index in [4.69, 9.17) is 14.2 Å². The highest BCUT2D eigenvalue weighted by molar-refractivity contribution is 5.97. The summed E-state index contributed by atoms with van der Waals surface area (Å²) in [6.07, 6.45) is 0.419. The Bertz CT molecular complexity index is 1640. The van der Waals surface area contributed by atoms with Crippen molar-refractivity contribution >= 4 is 28.7 Å². The highest BCUT2D eigenvalue weighted by Gasteiger charge is 2.48. The molecule has 0 unspecified atom stereocenters. The van der Waals surface area contributed by atoms with Crippen molar-refractivity contribution in [3.63, 3.8) is 0 Å². The van der Waals surface area contributed by atoms with Crippen LogP contribution in [0.1, 0.15) is 38.8 Å². The standard InChI is InChI=1S/C30H25N3O6/c1-37-30(36)18-8-6-17(7-9-18)14-32-15-26(34)33-23(29(32)35)13-21-20-4-2-3-5-22(20)31-27(21)28(33)19-10-11-24-25(12-19)39-16-38-24/h2-12,23,28,31H,13-16H2,1H3/t23-,28-/m1/s1. The van der Waals surface area contributed by atoms with Gasteiger partial charge in [-0.3, -0.25) is 9.59 Å². The summed E-state index contributed by atoms with van der Waals surface area (Å²) in [7, 11) is 1.33. The molecule has 196 valence electrons. The second-order valence-electron chi connectivity index (χ2n) is 9.98. The van der Waals surface area contributed by atoms with E-state index in [9.17, 15) is 14.4 Å². The molecule has 0 saturated carbocycles. The van der Waals surface area contributed by atoms with Gasteiger partial charge < -0.3 is 29.0 Å². The van der Waals surface area contributed by atoms with Crippen LogP contribution in [0.15, 0.2) is 66.7 Å². The van der Waals surface area contributed by atoms with Crippen molar-refractivity contribution < 1.29 is 28.6 Å². The van der Waals surface area contributed by atoms with E-state index in [-0.39, 0.29) is 31.7 Å². The number of nitrogens with zero attached hydrogens (tertiary/aromatic N) is 2. The molecule has 9 heteroatoms. The van der Waals surface area contributed by atoms with E-state index in [1.165, 1.54) is 7.11 Å². The lowest BCUT2D eigenvalue weighted by molar-refractivity contribution is -0.159. The zero-order chi connectivity index (χ0) is 26.7. The van der Waals surface area contributed by atoms with Crippen LogP contribution >= 0.6 is 0 Å². The summed E-state index contributed by atoms with van der Waals surface area (Å²) in [5, 5.41) is 1.05. The van der Waals surface area contributed by atoms with Crippen LogP contribution in [0.25, 0.3) is 10.9 Å². The van der Waals surface area contributed by atoms with E-state index in [1.807, 2.05) is 42.5 Å². The topological polar surface area (TPSA) is 101 Å². The van der Waals surface area contributed by atoms with E-state index < -0.39 is 18.1 Å². The molecule has 2 atom stereocenters. The maximum atomic E-state index is 14.0. The van der Waals surface area contributed by atoms with Crippen LogP contribution < -0.4 is 9.47 Å². The van der Waals surface area contributed by atoms with Gasteiger partial charge in [0.2, 0.25) is 18.6 Å². The van der Waals surface area contributed by atoms with Gasteiger partial charge in [0.05, 0.1) is 18.7 Å². The van der Waals surface area contributed by atoms with E-state index in [1.54, 1.807) is 34.1 Å². The monoisotopic (exact) mass is 523 g/mol. The third-order valence-corrected chi connectivity index (χ3v) is 7.80. The van der Waals surface area contributed by atoms with Crippen molar-refractivity contribution in [1.29, 1.82) is 0 Å². The number of para-hydroxylation sites is 1. The number of aromatic amines is 1. The summed E-state index contributed by atoms with van der Waals surface area (Å²) in [6.45, 7) is 0.386. The zero-order valence-corrected chi connectivity index (χ0v) is 21.2. The van der Waals surface area contributed by atoms with Gasteiger partial charge in [-0.2, -0.15) is 0 Å². The predicted molar refractivity (Wildman–Crippen MR) is 140 cm³/mol. The second kappa shape index (κ2) is 8.90. The van der Waals surface area contributed by atoms with Gasteiger partial charge in [0.15, 0.2) is 11.5 Å². The Morgan fingerprint density at radius 3 is 2.64 bits per heavy atom. The molecule has 0 spiro atoms. The molecular weight excluding hydrogens is 498 g/mol. The lowest BCUT2D eigenvalue weighted by Crippen LogP contribution is -2.62. The summed E-state index contributed by atoms with van der Waals surface area (Å²) in [6, 6.07) is 19.5. The van der Waals surface area contributed by atoms with E-state index in [2.05, 4.69) is 4.98 Å². The number of amides is 2. The summed E-state index contributed by atoms with van der Waals surface area (Å²) < 4.78 is 15.9. The molecule has 1 aromatic heterocycles. The van der Waals surface area contributed by atoms with E-state index >= 15 is 0 Å². The van der Waals surface area contributed by atoms with Crippen molar-refractivity contribution in [3.05, 3.63) is 94.7 Å². The Hall–Kier alpha value is -4.79. The van der Waals surface area contributed by atoms with Gasteiger partial charge >= 0.3 is 5.97 Å². The Morgan fingerprint density at radius 1 is 1.03 bits per heavy atom. The second-order valence-corrected chi connectivity index (χ2v) is 9.98. The fourth-order valence-electron chi connectivity index (χ4n) is 5.97. The molecule has 1 saturated heterocycles. The Labute approximate surface area is 223 Å². The smallest absolute Gasteiger partial charge is 0.337 e. The van der Waals surface area contributed by atoms with Crippen LogP contribution in [0, 0.1) is 0 Å². The Kier molecular flexibility index (Phi) is 5.33. The zero-order valence-electron chi connectivity index (χ0n) is 21.2. The number of hydrogen-bond acceptors (Lipinski definition) is 6. The lowest BCUT2D eigenvalue weighted by Gasteiger charge is -2.47. The molecule has 3 aromatic carbocycles. The molecule has 2 amide bonds. The number of carbonyl (C=O) groups excluding carboxylic acids is 3. The third-order valence-electron chi connectivity index (χ3n) is 7.80. The summed E-state index contributed by atoms with van der Waals surface area (Å²) >= 11 is 0. The molecule has 3 aliphatic rings. The minimum Gasteiger partial charge on any atom is -0.465 e. The Balaban J connectivity index is 1.27. The van der Waals surface area contributed by atoms with Crippen molar-refractivity contribution in [2.24, 2.45) is 0 Å². The average Bonchev–Trinajstić information content (AvgIpc) is 3.58. The molecule has 1 fully saturated rings. The number of nitrogens with one attached hydrogen (secondary N) is 1. The number of ether oxygens (including phenoxy) is 3. The molecule has 9 nitrogen and oxygen atoms in total. The number of piperazine rings is 1. The van der Waals surface area contributed by atoms with Gasteiger partial charge in [-0.05, 0) is 47.0 Å². The molecule has 7 rings (SSSR count). The number of benzene rings is 3. The van der Waals surface area contributed by atoms with Gasteiger partial charge in [-0.15, -0.1) is 0 Å². The fourth-order valence-corrected chi connectivity index (χ4v) is 5.97. The van der Waals surface area contributed by atoms with Crippen LogP contribution in [-0.2, 0) is 27.3 Å². The van der Waals surface area contributed by atoms with Crippen molar-refractivity contribution in [3.8, 4) is 11.5 Å². The highest BCUT2D eigenvalue weighted by Crippen LogP contribution is 2.45. The Morgan fingerprint density at radius 2 is 1.82 bits per heavy atom. The van der Waals surface area contributed by atoms with Gasteiger partial charge in [0.1, 0.15) is 12.6 Å². The first kappa shape index (κ1) is 23.3. The molecule has 0 bridgehead atoms. The lowest BCUT2D eigenvalue weighted by atomic mass is 9.86. The van der Waals surface area contributed by atoms with Crippen molar-refractivity contribution in [2.75, 3.05) is 20.4 Å². The van der Waals surface area contributed by atoms with Crippen LogP contribution in [0.2, 0.25) is 0 Å². The first-order valence-corrected chi connectivity index (χ1v) is 12.8. The minimum absolute atomic E-state index is 0.0370. The maximum absolute atomic E-state index is 14.0. The summed E-state index contributed by atoms with van der Waals surface area (Å²) in [5.41, 5.74) is 5.03. The molecular formula is C30H25N3O6. The number of H-pyrrole nitrogens is 1. The number of esters is 1. The molecule has 39 heavy (non-hydrogen) atoms. The molecule has 4 heterocycles. The first-order valence-electron chi connectivity index (χ1n) is 12.8. The summed E-state index contributed by atoms with van der Waals surface area (Å²) in [5.74, 6) is 0.632. The van der Waals surface area contributed by atoms with E-state index in [0.717, 1.165) is 33.3 Å². The van der Waals surface area contributed by atoms with Crippen LogP contribution in [0.3, 0.4) is 0 Å².